The molecule has 0 saturated heterocycles. The zero-order valence-electron chi connectivity index (χ0n) is 29.6. The monoisotopic (exact) mass is 1080 g/mol. The molecule has 0 aromatic heterocycles. The van der Waals surface area contributed by atoms with Gasteiger partial charge in [-0.2, -0.15) is 70.6 Å². The first-order chi connectivity index (χ1) is 23.6. The van der Waals surface area contributed by atoms with E-state index in [0.29, 0.717) is 57.5 Å². The van der Waals surface area contributed by atoms with Crippen LogP contribution < -0.4 is 84.0 Å². The first-order valence-electron chi connectivity index (χ1n) is 14.6. The van der Waals surface area contributed by atoms with Gasteiger partial charge in [-0.25, -0.2) is 0 Å². The third kappa shape index (κ3) is 71.2. The zero-order valence-corrected chi connectivity index (χ0v) is 42.4. The number of aliphatic hydroxyl groups is 4. The maximum absolute atomic E-state index is 9.56. The van der Waals surface area contributed by atoms with Gasteiger partial charge in [0.1, 0.15) is 0 Å². The Hall–Kier alpha value is 2.36. The van der Waals surface area contributed by atoms with E-state index in [1.54, 1.807) is 35.3 Å². The van der Waals surface area contributed by atoms with Crippen molar-refractivity contribution in [2.75, 3.05) is 93.8 Å². The number of aliphatic hydroxyl groups excluding tert-OH is 4. The van der Waals surface area contributed by atoms with Gasteiger partial charge in [-0.1, -0.05) is 0 Å². The molecule has 4 unspecified atom stereocenters. The van der Waals surface area contributed by atoms with Crippen LogP contribution in [0.2, 0.25) is 0 Å². The fourth-order valence-electron chi connectivity index (χ4n) is 2.70. The number of nitrogens with two attached hydrogens (primary N) is 6. The van der Waals surface area contributed by atoms with Crippen molar-refractivity contribution in [1.82, 2.24) is 0 Å². The molecule has 30 heteroatoms. The van der Waals surface area contributed by atoms with Crippen LogP contribution in [0, 0.1) is 0 Å². The van der Waals surface area contributed by atoms with Gasteiger partial charge in [0, 0.05) is 91.0 Å². The first kappa shape index (κ1) is 74.8. The molecule has 0 spiro atoms. The molecule has 0 aliphatic carbocycles. The molecule has 336 valence electrons. The van der Waals surface area contributed by atoms with E-state index in [2.05, 4.69) is 23.7 Å². The minimum atomic E-state index is -0.381. The molecule has 16 N–H and O–H groups in total. The Morgan fingerprint density at radius 2 is 0.727 bits per heavy atom. The first-order valence-corrected chi connectivity index (χ1v) is 25.6. The summed E-state index contributed by atoms with van der Waals surface area (Å²) in [5.41, 5.74) is 30.4. The van der Waals surface area contributed by atoms with E-state index in [1.807, 2.05) is 0 Å². The average molecular weight is 1090 g/mol. The summed E-state index contributed by atoms with van der Waals surface area (Å²) in [6.45, 7) is 0.288. The van der Waals surface area contributed by atoms with Crippen LogP contribution in [0.3, 0.4) is 0 Å². The number of amidine groups is 4. The van der Waals surface area contributed by atoms with Gasteiger partial charge in [-0.15, -0.1) is 59.5 Å². The fourth-order valence-corrected chi connectivity index (χ4v) is 12.5. The molecule has 0 rings (SSSR count). The van der Waals surface area contributed by atoms with Gasteiger partial charge in [0.05, 0.1) is 25.4 Å². The Bertz CT molecular complexity index is 855. The lowest BCUT2D eigenvalue weighted by molar-refractivity contribution is -0.00100. The third-order valence-electron chi connectivity index (χ3n) is 4.53. The average Bonchev–Trinajstić information content (AvgIpc) is 3.02. The van der Waals surface area contributed by atoms with E-state index in [4.69, 9.17) is 44.0 Å². The van der Waals surface area contributed by atoms with Crippen molar-refractivity contribution in [3.8, 4) is 0 Å². The van der Waals surface area contributed by atoms with E-state index in [1.165, 1.54) is 82.3 Å². The van der Waals surface area contributed by atoms with Crippen molar-refractivity contribution < 1.29 is 70.1 Å². The molecular formula is C25H53Cl5N10O4S11-8. The molecular weight excluding hydrogens is 1030 g/mol. The lowest BCUT2D eigenvalue weighted by Crippen LogP contribution is -3.00. The van der Waals surface area contributed by atoms with E-state index in [0.717, 1.165) is 23.0 Å². The smallest absolute Gasteiger partial charge is 0.160 e. The molecule has 0 fully saturated rings. The molecule has 14 nitrogen and oxygen atoms in total. The van der Waals surface area contributed by atoms with Crippen molar-refractivity contribution in [1.29, 1.82) is 0 Å². The van der Waals surface area contributed by atoms with Crippen LogP contribution >= 0.6 is 142 Å². The zero-order chi connectivity index (χ0) is 38.6. The highest BCUT2D eigenvalue weighted by molar-refractivity contribution is 8.16. The number of hydrogen-bond acceptors (Lipinski definition) is 15. The lowest BCUT2D eigenvalue weighted by Gasteiger charge is -2.20. The number of halogens is 5. The quantitative estimate of drug-likeness (QED) is 0.0151. The van der Waals surface area contributed by atoms with Crippen molar-refractivity contribution in [3.05, 3.63) is 21.6 Å². The fraction of sp³-hybridized carbons (Fsp3) is 0.800. The predicted molar refractivity (Wildman–Crippen MR) is 256 cm³/mol. The van der Waals surface area contributed by atoms with Crippen molar-refractivity contribution in [2.45, 2.75) is 22.7 Å². The summed E-state index contributed by atoms with van der Waals surface area (Å²) in [4.78, 5) is 0. The highest BCUT2D eigenvalue weighted by Crippen LogP contribution is 2.26. The van der Waals surface area contributed by atoms with Gasteiger partial charge >= 0.3 is 0 Å². The largest absolute Gasteiger partial charge is 1.00 e. The minimum Gasteiger partial charge on any atom is -1.00 e. The van der Waals surface area contributed by atoms with E-state index < -0.39 is 0 Å². The van der Waals surface area contributed by atoms with Crippen LogP contribution in [0.5, 0.6) is 0 Å². The summed E-state index contributed by atoms with van der Waals surface area (Å²) in [5, 5.41) is 72.9. The van der Waals surface area contributed by atoms with Gasteiger partial charge in [-0.05, 0) is 32.9 Å². The molecule has 0 bridgehead atoms. The third-order valence-corrected chi connectivity index (χ3v) is 16.2. The minimum absolute atomic E-state index is 0. The standard InChI is InChI=1S/C14H26N8S7.C10H22O4S3.CH4N2S.5ClH/c15-11(16)26-3-1-24-9(7-28-13(19)20)5-23-6-10(8-29-14(21)22)25-2-4-27-12(17)18;11-1-3-15-5-9(13)7-17-8-10(14)6-16-4-2-12;2-1(3)4;;;;;/h9-10H,1-8H2,(H8-4,15,16,17,18,19,20,21,22);9-14H,1-8H2;(H4,2,3,4);5*1H/q-4;;;;;;;/p-4. The molecule has 55 heavy (non-hydrogen) atoms. The second-order valence-corrected chi connectivity index (χ2v) is 21.1. The van der Waals surface area contributed by atoms with Crippen LogP contribution in [-0.2, 0) is 0 Å². The molecule has 0 aliphatic heterocycles. The number of thioether (sulfide) groups is 10. The Kier molecular flexibility index (Phi) is 76.6. The Morgan fingerprint density at radius 3 is 1.00 bits per heavy atom. The Labute approximate surface area is 406 Å². The van der Waals surface area contributed by atoms with E-state index >= 15 is 0 Å². The summed E-state index contributed by atoms with van der Waals surface area (Å²) < 4.78 is 0. The molecule has 4 atom stereocenters. The molecule has 0 saturated carbocycles. The number of rotatable bonds is 28. The van der Waals surface area contributed by atoms with Crippen LogP contribution in [0.4, 0.5) is 0 Å². The van der Waals surface area contributed by atoms with Crippen molar-refractivity contribution >= 4 is 168 Å². The second kappa shape index (κ2) is 56.4. The number of thiocarbonyl (C=S) groups is 1. The SMILES string of the molecule is Cl.NC(N)=S.OCCSCC(O)CSCC(O)CSCCO.[Cl-].[Cl-].[Cl-].[Cl-].[N-]=C(N)SCCSC(CSCC(CSC(=[N-])N)SCCSC(=[N-])N)CSC(=[N-])N. The number of hydrogen-bond donors (Lipinski definition) is 10. The Balaban J connectivity index is -0.000000122. The van der Waals surface area contributed by atoms with Gasteiger partial charge in [-0.3, -0.25) is 0 Å². The molecule has 0 aromatic carbocycles. The van der Waals surface area contributed by atoms with Gasteiger partial charge in [0.15, 0.2) is 5.11 Å². The predicted octanol–water partition coefficient (Wildman–Crippen LogP) is -10.1. The number of nitrogens with zero attached hydrogens (tertiary/aromatic N) is 4. The maximum atomic E-state index is 9.56. The summed E-state index contributed by atoms with van der Waals surface area (Å²) >= 11 is 18.9. The second-order valence-electron chi connectivity index (χ2n) is 9.04. The summed E-state index contributed by atoms with van der Waals surface area (Å²) in [5.74, 6) is 9.98. The van der Waals surface area contributed by atoms with Gasteiger partial charge in [0.2, 0.25) is 0 Å². The molecule has 0 amide bonds. The van der Waals surface area contributed by atoms with Crippen molar-refractivity contribution in [2.24, 2.45) is 34.4 Å². The van der Waals surface area contributed by atoms with Crippen LogP contribution in [0.15, 0.2) is 0 Å². The van der Waals surface area contributed by atoms with Gasteiger partial charge < -0.3 is 126 Å². The highest BCUT2D eigenvalue weighted by atomic mass is 35.5. The highest BCUT2D eigenvalue weighted by Gasteiger charge is 2.14. The Morgan fingerprint density at radius 1 is 0.455 bits per heavy atom. The van der Waals surface area contributed by atoms with Crippen molar-refractivity contribution in [3.63, 3.8) is 0 Å². The van der Waals surface area contributed by atoms with E-state index in [-0.39, 0.29) is 124 Å². The molecule has 0 heterocycles. The van der Waals surface area contributed by atoms with Gasteiger partial charge in [0.25, 0.3) is 0 Å². The van der Waals surface area contributed by atoms with Crippen LogP contribution in [-0.4, -0.2) is 163 Å². The summed E-state index contributed by atoms with van der Waals surface area (Å²) in [7, 11) is 0. The van der Waals surface area contributed by atoms with Crippen LogP contribution in [0.1, 0.15) is 0 Å². The maximum Gasteiger partial charge on any atom is 0.160 e. The lowest BCUT2D eigenvalue weighted by atomic mass is 10.5. The summed E-state index contributed by atoms with van der Waals surface area (Å²) in [6, 6.07) is 0. The summed E-state index contributed by atoms with van der Waals surface area (Å²) in [6.07, 6.45) is -0.761. The van der Waals surface area contributed by atoms with Crippen LogP contribution in [0.25, 0.3) is 21.6 Å². The molecule has 0 aliphatic rings. The van der Waals surface area contributed by atoms with E-state index in [9.17, 15) is 21.0 Å². The topological polar surface area (TPSA) is 326 Å². The molecule has 0 aromatic rings. The normalized spacial score (nSPS) is 11.9. The molecule has 0 radical (unpaired) electrons.